The molecule has 0 saturated heterocycles. The van der Waals surface area contributed by atoms with Crippen molar-refractivity contribution >= 4 is 5.91 Å². The van der Waals surface area contributed by atoms with Crippen LogP contribution < -0.4 is 5.32 Å². The summed E-state index contributed by atoms with van der Waals surface area (Å²) in [5, 5.41) is 17.2. The fraction of sp³-hybridized carbons (Fsp3) is 0.471. The molecule has 3 atom stereocenters. The van der Waals surface area contributed by atoms with Gasteiger partial charge in [0.1, 0.15) is 6.61 Å². The number of aliphatic hydroxyl groups excluding tert-OH is 1. The highest BCUT2D eigenvalue weighted by Crippen LogP contribution is 2.27. The van der Waals surface area contributed by atoms with Gasteiger partial charge in [-0.1, -0.05) is 6.07 Å². The summed E-state index contributed by atoms with van der Waals surface area (Å²) in [6.45, 7) is 1.08. The van der Waals surface area contributed by atoms with E-state index in [2.05, 4.69) is 15.4 Å². The van der Waals surface area contributed by atoms with E-state index in [1.54, 1.807) is 18.6 Å². The van der Waals surface area contributed by atoms with Crippen LogP contribution in [0.1, 0.15) is 18.4 Å². The second kappa shape index (κ2) is 8.03. The Kier molecular flexibility index (Phi) is 5.55. The van der Waals surface area contributed by atoms with E-state index < -0.39 is 6.10 Å². The molecular formula is C17H22N4O3. The summed E-state index contributed by atoms with van der Waals surface area (Å²) in [6.07, 6.45) is 7.94. The maximum absolute atomic E-state index is 12.0. The van der Waals surface area contributed by atoms with Crippen molar-refractivity contribution in [2.75, 3.05) is 6.61 Å². The van der Waals surface area contributed by atoms with Crippen molar-refractivity contribution in [3.05, 3.63) is 48.5 Å². The van der Waals surface area contributed by atoms with Gasteiger partial charge in [-0.05, 0) is 36.5 Å². The van der Waals surface area contributed by atoms with E-state index >= 15 is 0 Å². The standard InChI is InChI=1S/C17H22N4O3/c22-16-8-14(10-21-6-2-5-19-21)7-15(16)20-17(23)12-24-11-13-3-1-4-18-9-13/h1-6,9,14-16,22H,7-8,10-12H2,(H,20,23)/t14?,15-,16-/m1/s1. The fourth-order valence-corrected chi connectivity index (χ4v) is 3.09. The van der Waals surface area contributed by atoms with Crippen LogP contribution in [0.3, 0.4) is 0 Å². The van der Waals surface area contributed by atoms with Crippen LogP contribution in [0.4, 0.5) is 0 Å². The normalized spacial score (nSPS) is 23.3. The molecule has 2 aromatic heterocycles. The number of carbonyl (C=O) groups is 1. The van der Waals surface area contributed by atoms with Gasteiger partial charge in [0.15, 0.2) is 0 Å². The first-order valence-electron chi connectivity index (χ1n) is 8.12. The van der Waals surface area contributed by atoms with Gasteiger partial charge in [0.05, 0.1) is 18.8 Å². The molecule has 0 aromatic carbocycles. The highest BCUT2D eigenvalue weighted by molar-refractivity contribution is 5.77. The lowest BCUT2D eigenvalue weighted by atomic mass is 10.1. The van der Waals surface area contributed by atoms with Crippen LogP contribution in [0.25, 0.3) is 0 Å². The van der Waals surface area contributed by atoms with Gasteiger partial charge in [0.2, 0.25) is 5.91 Å². The summed E-state index contributed by atoms with van der Waals surface area (Å²) in [4.78, 5) is 16.0. The van der Waals surface area contributed by atoms with E-state index in [0.717, 1.165) is 18.5 Å². The quantitative estimate of drug-likeness (QED) is 0.782. The third-order valence-electron chi connectivity index (χ3n) is 4.20. The second-order valence-electron chi connectivity index (χ2n) is 6.16. The molecule has 0 bridgehead atoms. The average Bonchev–Trinajstić information content (AvgIpc) is 3.19. The third kappa shape index (κ3) is 4.62. The predicted octanol–water partition coefficient (Wildman–Crippen LogP) is 0.751. The van der Waals surface area contributed by atoms with Crippen molar-refractivity contribution in [2.24, 2.45) is 5.92 Å². The summed E-state index contributed by atoms with van der Waals surface area (Å²) in [5.41, 5.74) is 0.922. The molecule has 1 saturated carbocycles. The highest BCUT2D eigenvalue weighted by atomic mass is 16.5. The number of hydrogen-bond donors (Lipinski definition) is 2. The van der Waals surface area contributed by atoms with Crippen molar-refractivity contribution in [3.8, 4) is 0 Å². The van der Waals surface area contributed by atoms with E-state index in [0.29, 0.717) is 18.9 Å². The van der Waals surface area contributed by atoms with Crippen molar-refractivity contribution in [1.82, 2.24) is 20.1 Å². The van der Waals surface area contributed by atoms with E-state index in [1.165, 1.54) is 0 Å². The summed E-state index contributed by atoms with van der Waals surface area (Å²) >= 11 is 0. The van der Waals surface area contributed by atoms with Gasteiger partial charge in [-0.15, -0.1) is 0 Å². The molecule has 7 heteroatoms. The molecule has 1 unspecified atom stereocenters. The van der Waals surface area contributed by atoms with E-state index in [9.17, 15) is 9.90 Å². The Morgan fingerprint density at radius 1 is 1.38 bits per heavy atom. The van der Waals surface area contributed by atoms with Gasteiger partial charge in [0.25, 0.3) is 0 Å². The van der Waals surface area contributed by atoms with Gasteiger partial charge in [-0.25, -0.2) is 0 Å². The first-order chi connectivity index (χ1) is 11.7. The lowest BCUT2D eigenvalue weighted by Crippen LogP contribution is -2.41. The zero-order valence-electron chi connectivity index (χ0n) is 13.4. The van der Waals surface area contributed by atoms with Gasteiger partial charge < -0.3 is 15.2 Å². The molecule has 3 rings (SSSR count). The fourth-order valence-electron chi connectivity index (χ4n) is 3.09. The molecule has 1 aliphatic rings. The molecule has 1 fully saturated rings. The minimum absolute atomic E-state index is 0.0259. The third-order valence-corrected chi connectivity index (χ3v) is 4.20. The molecule has 2 aromatic rings. The van der Waals surface area contributed by atoms with E-state index in [-0.39, 0.29) is 18.6 Å². The first kappa shape index (κ1) is 16.6. The molecule has 0 aliphatic heterocycles. The smallest absolute Gasteiger partial charge is 0.246 e. The van der Waals surface area contributed by atoms with Gasteiger partial charge in [0, 0.05) is 31.3 Å². The Hall–Kier alpha value is -2.25. The summed E-state index contributed by atoms with van der Waals surface area (Å²) in [6, 6.07) is 5.38. The number of hydrogen-bond acceptors (Lipinski definition) is 5. The Balaban J connectivity index is 1.39. The van der Waals surface area contributed by atoms with Crippen molar-refractivity contribution < 1.29 is 14.6 Å². The van der Waals surface area contributed by atoms with E-state index in [1.807, 2.05) is 29.1 Å². The average molecular weight is 330 g/mol. The van der Waals surface area contributed by atoms with Crippen LogP contribution in [0.15, 0.2) is 43.0 Å². The SMILES string of the molecule is O=C(COCc1cccnc1)N[C@@H]1CC(Cn2cccn2)C[C@H]1O. The number of aromatic nitrogens is 3. The lowest BCUT2D eigenvalue weighted by Gasteiger charge is -2.16. The van der Waals surface area contributed by atoms with Crippen LogP contribution in [-0.2, 0) is 22.7 Å². The van der Waals surface area contributed by atoms with Crippen LogP contribution in [-0.4, -0.2) is 44.5 Å². The van der Waals surface area contributed by atoms with Gasteiger partial charge in [-0.3, -0.25) is 14.5 Å². The highest BCUT2D eigenvalue weighted by Gasteiger charge is 2.34. The maximum Gasteiger partial charge on any atom is 0.246 e. The van der Waals surface area contributed by atoms with Crippen LogP contribution in [0, 0.1) is 5.92 Å². The van der Waals surface area contributed by atoms with Crippen molar-refractivity contribution in [2.45, 2.75) is 38.1 Å². The zero-order valence-corrected chi connectivity index (χ0v) is 13.4. The molecule has 0 spiro atoms. The largest absolute Gasteiger partial charge is 0.391 e. The van der Waals surface area contributed by atoms with E-state index in [4.69, 9.17) is 4.74 Å². The molecule has 24 heavy (non-hydrogen) atoms. The number of pyridine rings is 1. The molecule has 1 aliphatic carbocycles. The molecular weight excluding hydrogens is 308 g/mol. The molecule has 0 radical (unpaired) electrons. The zero-order chi connectivity index (χ0) is 16.8. The molecule has 2 heterocycles. The van der Waals surface area contributed by atoms with Crippen molar-refractivity contribution in [1.29, 1.82) is 0 Å². The summed E-state index contributed by atoms with van der Waals surface area (Å²) in [7, 11) is 0. The van der Waals surface area contributed by atoms with Crippen LogP contribution in [0.2, 0.25) is 0 Å². The maximum atomic E-state index is 12.0. The lowest BCUT2D eigenvalue weighted by molar-refractivity contribution is -0.127. The van der Waals surface area contributed by atoms with Gasteiger partial charge in [-0.2, -0.15) is 5.10 Å². The molecule has 128 valence electrons. The minimum atomic E-state index is -0.521. The van der Waals surface area contributed by atoms with Crippen LogP contribution >= 0.6 is 0 Å². The van der Waals surface area contributed by atoms with Crippen LogP contribution in [0.5, 0.6) is 0 Å². The Morgan fingerprint density at radius 2 is 2.29 bits per heavy atom. The van der Waals surface area contributed by atoms with Crippen molar-refractivity contribution in [3.63, 3.8) is 0 Å². The summed E-state index contributed by atoms with van der Waals surface area (Å²) < 4.78 is 7.25. The number of ether oxygens (including phenoxy) is 1. The number of carbonyl (C=O) groups excluding carboxylic acids is 1. The number of amides is 1. The number of rotatable bonds is 7. The number of nitrogens with zero attached hydrogens (tertiary/aromatic N) is 3. The summed E-state index contributed by atoms with van der Waals surface area (Å²) in [5.74, 6) is 0.101. The minimum Gasteiger partial charge on any atom is -0.391 e. The first-order valence-corrected chi connectivity index (χ1v) is 8.12. The monoisotopic (exact) mass is 330 g/mol. The predicted molar refractivity (Wildman–Crippen MR) is 86.8 cm³/mol. The topological polar surface area (TPSA) is 89.3 Å². The second-order valence-corrected chi connectivity index (χ2v) is 6.16. The number of nitrogens with one attached hydrogen (secondary N) is 1. The molecule has 7 nitrogen and oxygen atoms in total. The number of aliphatic hydroxyl groups is 1. The molecule has 1 amide bonds. The Morgan fingerprint density at radius 3 is 3.04 bits per heavy atom. The Labute approximate surface area is 140 Å². The molecule has 2 N–H and O–H groups in total. The Bertz CT molecular complexity index is 633. The van der Waals surface area contributed by atoms with Gasteiger partial charge >= 0.3 is 0 Å².